The van der Waals surface area contributed by atoms with E-state index in [-0.39, 0.29) is 6.10 Å². The molecule has 2 aromatic rings. The summed E-state index contributed by atoms with van der Waals surface area (Å²) in [4.78, 5) is 2.25. The molecular weight excluding hydrogens is 394 g/mol. The standard InChI is InChI=1S/C21H26BrNO3/c1-16-2-4-17(5-3-16)14-25-15-20(24)12-23-10-11-26-21(13-23)18-6-8-19(22)9-7-18/h2-9,20-21,24H,10-15H2,1H3. The molecule has 1 aliphatic rings. The molecule has 4 nitrogen and oxygen atoms in total. The van der Waals surface area contributed by atoms with Crippen LogP contribution in [0.3, 0.4) is 0 Å². The van der Waals surface area contributed by atoms with E-state index in [2.05, 4.69) is 64.2 Å². The van der Waals surface area contributed by atoms with Gasteiger partial charge < -0.3 is 14.6 Å². The molecule has 1 saturated heterocycles. The van der Waals surface area contributed by atoms with E-state index in [1.807, 2.05) is 12.1 Å². The van der Waals surface area contributed by atoms with Crippen molar-refractivity contribution in [3.63, 3.8) is 0 Å². The number of halogens is 1. The summed E-state index contributed by atoms with van der Waals surface area (Å²) in [7, 11) is 0. The van der Waals surface area contributed by atoms with E-state index >= 15 is 0 Å². The summed E-state index contributed by atoms with van der Waals surface area (Å²) in [6.07, 6.45) is -0.443. The highest BCUT2D eigenvalue weighted by Crippen LogP contribution is 2.24. The topological polar surface area (TPSA) is 41.9 Å². The van der Waals surface area contributed by atoms with Gasteiger partial charge in [0.15, 0.2) is 0 Å². The van der Waals surface area contributed by atoms with Crippen LogP contribution in [0.5, 0.6) is 0 Å². The van der Waals surface area contributed by atoms with Crippen LogP contribution in [-0.4, -0.2) is 49.0 Å². The van der Waals surface area contributed by atoms with E-state index in [0.29, 0.717) is 26.4 Å². The molecule has 3 rings (SSSR count). The van der Waals surface area contributed by atoms with E-state index in [9.17, 15) is 5.11 Å². The first-order valence-electron chi connectivity index (χ1n) is 9.01. The number of hydrogen-bond donors (Lipinski definition) is 1. The highest BCUT2D eigenvalue weighted by Gasteiger charge is 2.23. The molecule has 0 spiro atoms. The SMILES string of the molecule is Cc1ccc(COCC(O)CN2CCOC(c3ccc(Br)cc3)C2)cc1. The molecule has 140 valence electrons. The van der Waals surface area contributed by atoms with Gasteiger partial charge in [-0.15, -0.1) is 0 Å². The van der Waals surface area contributed by atoms with Gasteiger partial charge in [-0.1, -0.05) is 57.9 Å². The predicted octanol–water partition coefficient (Wildman–Crippen LogP) is 3.71. The van der Waals surface area contributed by atoms with Gasteiger partial charge in [0.1, 0.15) is 0 Å². The zero-order chi connectivity index (χ0) is 18.4. The Morgan fingerprint density at radius 3 is 2.65 bits per heavy atom. The normalized spacial score (nSPS) is 19.4. The first-order valence-corrected chi connectivity index (χ1v) is 9.80. The fourth-order valence-corrected chi connectivity index (χ4v) is 3.36. The van der Waals surface area contributed by atoms with Crippen molar-refractivity contribution in [1.29, 1.82) is 0 Å². The van der Waals surface area contributed by atoms with Gasteiger partial charge in [0.2, 0.25) is 0 Å². The van der Waals surface area contributed by atoms with Crippen molar-refractivity contribution < 1.29 is 14.6 Å². The second-order valence-electron chi connectivity index (χ2n) is 6.83. The third kappa shape index (κ3) is 5.89. The van der Waals surface area contributed by atoms with Gasteiger partial charge in [-0.05, 0) is 30.2 Å². The molecule has 0 aliphatic carbocycles. The van der Waals surface area contributed by atoms with Crippen molar-refractivity contribution in [3.8, 4) is 0 Å². The molecule has 0 radical (unpaired) electrons. The van der Waals surface area contributed by atoms with Crippen LogP contribution in [0.25, 0.3) is 0 Å². The minimum Gasteiger partial charge on any atom is -0.389 e. The van der Waals surface area contributed by atoms with Crippen LogP contribution >= 0.6 is 15.9 Å². The molecular formula is C21H26BrNO3. The van der Waals surface area contributed by atoms with E-state index in [0.717, 1.165) is 23.1 Å². The Bertz CT molecular complexity index is 675. The zero-order valence-corrected chi connectivity index (χ0v) is 16.7. The molecule has 26 heavy (non-hydrogen) atoms. The van der Waals surface area contributed by atoms with E-state index in [1.54, 1.807) is 0 Å². The Morgan fingerprint density at radius 1 is 1.19 bits per heavy atom. The van der Waals surface area contributed by atoms with Crippen LogP contribution in [0.1, 0.15) is 22.8 Å². The second-order valence-corrected chi connectivity index (χ2v) is 7.74. The number of aliphatic hydroxyl groups is 1. The maximum Gasteiger partial charge on any atom is 0.0952 e. The first-order chi connectivity index (χ1) is 12.6. The molecule has 0 bridgehead atoms. The molecule has 1 fully saturated rings. The fraction of sp³-hybridized carbons (Fsp3) is 0.429. The lowest BCUT2D eigenvalue weighted by atomic mass is 10.1. The summed E-state index contributed by atoms with van der Waals surface area (Å²) in [6, 6.07) is 16.5. The summed E-state index contributed by atoms with van der Waals surface area (Å²) in [5.74, 6) is 0. The molecule has 1 heterocycles. The van der Waals surface area contributed by atoms with Crippen LogP contribution in [-0.2, 0) is 16.1 Å². The van der Waals surface area contributed by atoms with Crippen LogP contribution in [0.4, 0.5) is 0 Å². The number of rotatable bonds is 7. The summed E-state index contributed by atoms with van der Waals surface area (Å²) in [6.45, 7) is 5.84. The predicted molar refractivity (Wildman–Crippen MR) is 106 cm³/mol. The van der Waals surface area contributed by atoms with Crippen molar-refractivity contribution in [3.05, 3.63) is 69.7 Å². The van der Waals surface area contributed by atoms with Crippen LogP contribution in [0.2, 0.25) is 0 Å². The minimum atomic E-state index is -0.496. The van der Waals surface area contributed by atoms with Crippen molar-refractivity contribution in [2.24, 2.45) is 0 Å². The number of β-amino-alcohol motifs (C(OH)–C–C–N with tert-alkyl or cyclic N) is 1. The van der Waals surface area contributed by atoms with E-state index in [4.69, 9.17) is 9.47 Å². The van der Waals surface area contributed by atoms with Crippen molar-refractivity contribution in [2.45, 2.75) is 25.7 Å². The highest BCUT2D eigenvalue weighted by molar-refractivity contribution is 9.10. The maximum absolute atomic E-state index is 10.3. The molecule has 1 N–H and O–H groups in total. The number of benzene rings is 2. The van der Waals surface area contributed by atoms with Crippen molar-refractivity contribution in [1.82, 2.24) is 4.90 Å². The molecule has 1 aliphatic heterocycles. The van der Waals surface area contributed by atoms with Crippen LogP contribution in [0, 0.1) is 6.92 Å². The summed E-state index contributed by atoms with van der Waals surface area (Å²) < 4.78 is 12.6. The summed E-state index contributed by atoms with van der Waals surface area (Å²) in [5, 5.41) is 10.3. The summed E-state index contributed by atoms with van der Waals surface area (Å²) in [5.41, 5.74) is 3.54. The van der Waals surface area contributed by atoms with Gasteiger partial charge in [-0.2, -0.15) is 0 Å². The Labute approximate surface area is 163 Å². The van der Waals surface area contributed by atoms with Gasteiger partial charge in [-0.25, -0.2) is 0 Å². The largest absolute Gasteiger partial charge is 0.389 e. The number of aliphatic hydroxyl groups excluding tert-OH is 1. The van der Waals surface area contributed by atoms with Gasteiger partial charge in [0, 0.05) is 24.1 Å². The molecule has 0 aromatic heterocycles. The molecule has 2 aromatic carbocycles. The number of morpholine rings is 1. The van der Waals surface area contributed by atoms with Gasteiger partial charge in [0.25, 0.3) is 0 Å². The summed E-state index contributed by atoms with van der Waals surface area (Å²) >= 11 is 3.46. The number of nitrogens with zero attached hydrogens (tertiary/aromatic N) is 1. The number of aryl methyl sites for hydroxylation is 1. The third-order valence-electron chi connectivity index (χ3n) is 4.56. The average Bonchev–Trinajstić information content (AvgIpc) is 2.64. The van der Waals surface area contributed by atoms with Crippen LogP contribution < -0.4 is 0 Å². The lowest BCUT2D eigenvalue weighted by molar-refractivity contribution is -0.0536. The van der Waals surface area contributed by atoms with Crippen LogP contribution in [0.15, 0.2) is 53.0 Å². The molecule has 0 saturated carbocycles. The zero-order valence-electron chi connectivity index (χ0n) is 15.1. The smallest absolute Gasteiger partial charge is 0.0952 e. The lowest BCUT2D eigenvalue weighted by Gasteiger charge is -2.34. The van der Waals surface area contributed by atoms with E-state index < -0.39 is 6.10 Å². The Balaban J connectivity index is 1.42. The second kappa shape index (κ2) is 9.62. The quantitative estimate of drug-likeness (QED) is 0.742. The Morgan fingerprint density at radius 2 is 1.92 bits per heavy atom. The number of hydrogen-bond acceptors (Lipinski definition) is 4. The monoisotopic (exact) mass is 419 g/mol. The molecule has 5 heteroatoms. The molecule has 2 atom stereocenters. The Hall–Kier alpha value is -1.24. The van der Waals surface area contributed by atoms with Crippen molar-refractivity contribution >= 4 is 15.9 Å². The molecule has 0 amide bonds. The minimum absolute atomic E-state index is 0.0533. The van der Waals surface area contributed by atoms with Gasteiger partial charge in [0.05, 0.1) is 32.0 Å². The van der Waals surface area contributed by atoms with Gasteiger partial charge in [-0.3, -0.25) is 4.90 Å². The van der Waals surface area contributed by atoms with Crippen molar-refractivity contribution in [2.75, 3.05) is 32.8 Å². The first kappa shape index (κ1) is 19.5. The van der Waals surface area contributed by atoms with Gasteiger partial charge >= 0.3 is 0 Å². The lowest BCUT2D eigenvalue weighted by Crippen LogP contribution is -2.43. The highest BCUT2D eigenvalue weighted by atomic mass is 79.9. The fourth-order valence-electron chi connectivity index (χ4n) is 3.10. The number of ether oxygens (including phenoxy) is 2. The van der Waals surface area contributed by atoms with E-state index in [1.165, 1.54) is 11.1 Å². The molecule has 2 unspecified atom stereocenters. The average molecular weight is 420 g/mol. The Kier molecular flexibility index (Phi) is 7.23. The third-order valence-corrected chi connectivity index (χ3v) is 5.09. The maximum atomic E-state index is 10.3.